The molecule has 3 heterocycles. The van der Waals surface area contributed by atoms with E-state index in [-0.39, 0.29) is 10.9 Å². The fourth-order valence-corrected chi connectivity index (χ4v) is 4.03. The van der Waals surface area contributed by atoms with Gasteiger partial charge in [0.25, 0.3) is 10.0 Å². The molecule has 1 saturated heterocycles. The Morgan fingerprint density at radius 1 is 1.26 bits per heavy atom. The predicted octanol–water partition coefficient (Wildman–Crippen LogP) is 0.670. The first kappa shape index (κ1) is 15.7. The van der Waals surface area contributed by atoms with Crippen LogP contribution in [0.25, 0.3) is 0 Å². The summed E-state index contributed by atoms with van der Waals surface area (Å²) >= 11 is 0. The number of hydrogen-bond donors (Lipinski definition) is 1. The van der Waals surface area contributed by atoms with Crippen molar-refractivity contribution in [2.45, 2.75) is 24.5 Å². The van der Waals surface area contributed by atoms with Crippen molar-refractivity contribution < 1.29 is 22.7 Å². The van der Waals surface area contributed by atoms with Crippen molar-refractivity contribution in [3.63, 3.8) is 0 Å². The van der Waals surface area contributed by atoms with Gasteiger partial charge in [-0.05, 0) is 30.9 Å². The molecule has 0 bridgehead atoms. The van der Waals surface area contributed by atoms with E-state index in [0.29, 0.717) is 31.8 Å². The molecule has 1 aliphatic rings. The van der Waals surface area contributed by atoms with Crippen LogP contribution in [0.2, 0.25) is 0 Å². The molecule has 0 amide bonds. The fraction of sp³-hybridized carbons (Fsp3) is 0.462. The van der Waals surface area contributed by atoms with Crippen molar-refractivity contribution in [1.82, 2.24) is 19.1 Å². The summed E-state index contributed by atoms with van der Waals surface area (Å²) in [6.07, 6.45) is 4.70. The Bertz CT molecular complexity index is 775. The van der Waals surface area contributed by atoms with Crippen molar-refractivity contribution in [3.05, 3.63) is 30.5 Å². The Morgan fingerprint density at radius 2 is 1.91 bits per heavy atom. The second kappa shape index (κ2) is 6.13. The van der Waals surface area contributed by atoms with E-state index in [1.165, 1.54) is 10.4 Å². The number of nitrogens with zero attached hydrogens (tertiary/aromatic N) is 4. The zero-order chi connectivity index (χ0) is 16.4. The maximum absolute atomic E-state index is 12.5. The Kier molecular flexibility index (Phi) is 4.18. The minimum Gasteiger partial charge on any atom is -0.475 e. The number of piperidine rings is 1. The Morgan fingerprint density at radius 3 is 2.48 bits per heavy atom. The predicted molar refractivity (Wildman–Crippen MR) is 77.2 cm³/mol. The summed E-state index contributed by atoms with van der Waals surface area (Å²) in [5.41, 5.74) is 0. The summed E-state index contributed by atoms with van der Waals surface area (Å²) in [5, 5.41) is 16.0. The Balaban J connectivity index is 1.64. The quantitative estimate of drug-likeness (QED) is 0.849. The number of carbonyl (C=O) groups is 1. The van der Waals surface area contributed by atoms with E-state index >= 15 is 0 Å². The van der Waals surface area contributed by atoms with Gasteiger partial charge >= 0.3 is 5.97 Å². The van der Waals surface area contributed by atoms with Crippen LogP contribution < -0.4 is 0 Å². The molecule has 1 aliphatic heterocycles. The van der Waals surface area contributed by atoms with Crippen LogP contribution >= 0.6 is 0 Å². The normalized spacial score (nSPS) is 17.4. The molecule has 0 aliphatic carbocycles. The molecule has 2 aromatic heterocycles. The van der Waals surface area contributed by atoms with Gasteiger partial charge in [-0.3, -0.25) is 0 Å². The highest BCUT2D eigenvalue weighted by Crippen LogP contribution is 2.25. The molecule has 9 nitrogen and oxygen atoms in total. The number of furan rings is 1. The van der Waals surface area contributed by atoms with Crippen LogP contribution in [-0.2, 0) is 16.6 Å². The first-order valence-electron chi connectivity index (χ1n) is 7.12. The molecule has 0 saturated carbocycles. The van der Waals surface area contributed by atoms with E-state index in [1.807, 2.05) is 4.57 Å². The minimum atomic E-state index is -3.79. The van der Waals surface area contributed by atoms with E-state index in [0.717, 1.165) is 12.6 Å². The van der Waals surface area contributed by atoms with Crippen LogP contribution in [0.4, 0.5) is 0 Å². The van der Waals surface area contributed by atoms with Gasteiger partial charge in [-0.2, -0.15) is 4.31 Å². The lowest BCUT2D eigenvalue weighted by Crippen LogP contribution is -2.39. The summed E-state index contributed by atoms with van der Waals surface area (Å²) in [6.45, 7) is 1.50. The monoisotopic (exact) mass is 340 g/mol. The molecule has 124 valence electrons. The zero-order valence-electron chi connectivity index (χ0n) is 12.2. The van der Waals surface area contributed by atoms with Crippen LogP contribution in [0.15, 0.2) is 34.3 Å². The molecule has 0 atom stereocenters. The lowest BCUT2D eigenvalue weighted by molar-refractivity contribution is 0.0656. The lowest BCUT2D eigenvalue weighted by Gasteiger charge is -2.30. The van der Waals surface area contributed by atoms with Crippen molar-refractivity contribution in [2.75, 3.05) is 13.1 Å². The van der Waals surface area contributed by atoms with Gasteiger partial charge in [0.1, 0.15) is 12.7 Å². The SMILES string of the molecule is O=C(O)c1ccc(S(=O)(=O)N2CCC(Cn3cnnc3)CC2)o1. The Hall–Kier alpha value is -2.20. The van der Waals surface area contributed by atoms with Crippen molar-refractivity contribution in [3.8, 4) is 0 Å². The summed E-state index contributed by atoms with van der Waals surface area (Å²) in [6, 6.07) is 2.33. The largest absolute Gasteiger partial charge is 0.475 e. The van der Waals surface area contributed by atoms with Crippen molar-refractivity contribution in [1.29, 1.82) is 0 Å². The molecule has 2 aromatic rings. The van der Waals surface area contributed by atoms with Crippen LogP contribution in [0, 0.1) is 5.92 Å². The first-order chi connectivity index (χ1) is 11.0. The van der Waals surface area contributed by atoms with Gasteiger partial charge in [0, 0.05) is 19.6 Å². The van der Waals surface area contributed by atoms with Crippen molar-refractivity contribution >= 4 is 16.0 Å². The van der Waals surface area contributed by atoms with Crippen LogP contribution in [0.5, 0.6) is 0 Å². The molecule has 0 unspecified atom stereocenters. The molecule has 0 spiro atoms. The average molecular weight is 340 g/mol. The van der Waals surface area contributed by atoms with Gasteiger partial charge in [0.15, 0.2) is 0 Å². The maximum atomic E-state index is 12.5. The molecule has 10 heteroatoms. The molecule has 0 radical (unpaired) electrons. The second-order valence-corrected chi connectivity index (χ2v) is 7.30. The third kappa shape index (κ3) is 3.27. The van der Waals surface area contributed by atoms with E-state index < -0.39 is 16.0 Å². The number of rotatable bonds is 5. The summed E-state index contributed by atoms with van der Waals surface area (Å²) < 4.78 is 33.1. The smallest absolute Gasteiger partial charge is 0.371 e. The molecule has 0 aromatic carbocycles. The van der Waals surface area contributed by atoms with E-state index in [4.69, 9.17) is 9.52 Å². The highest BCUT2D eigenvalue weighted by Gasteiger charge is 2.32. The van der Waals surface area contributed by atoms with Gasteiger partial charge in [-0.25, -0.2) is 13.2 Å². The van der Waals surface area contributed by atoms with Gasteiger partial charge in [-0.1, -0.05) is 0 Å². The van der Waals surface area contributed by atoms with E-state index in [9.17, 15) is 13.2 Å². The molecule has 1 fully saturated rings. The molecular weight excluding hydrogens is 324 g/mol. The second-order valence-electron chi connectivity index (χ2n) is 5.43. The number of carboxylic acid groups (broad SMARTS) is 1. The van der Waals surface area contributed by atoms with Gasteiger partial charge in [0.2, 0.25) is 10.9 Å². The lowest BCUT2D eigenvalue weighted by atomic mass is 9.98. The number of sulfonamides is 1. The van der Waals surface area contributed by atoms with Crippen LogP contribution in [-0.4, -0.2) is 51.7 Å². The standard InChI is InChI=1S/C13H16N4O5S/c18-13(19)11-1-2-12(22-11)23(20,21)17-5-3-10(4-6-17)7-16-8-14-15-9-16/h1-2,8-10H,3-7H2,(H,18,19). The van der Waals surface area contributed by atoms with Crippen molar-refractivity contribution in [2.24, 2.45) is 5.92 Å². The Labute approximate surface area is 132 Å². The number of aromatic nitrogens is 3. The highest BCUT2D eigenvalue weighted by atomic mass is 32.2. The number of hydrogen-bond acceptors (Lipinski definition) is 6. The van der Waals surface area contributed by atoms with E-state index in [1.54, 1.807) is 12.7 Å². The summed E-state index contributed by atoms with van der Waals surface area (Å²) in [7, 11) is -3.79. The van der Waals surface area contributed by atoms with Gasteiger partial charge in [-0.15, -0.1) is 10.2 Å². The molecule has 3 rings (SSSR count). The minimum absolute atomic E-state index is 0.327. The highest BCUT2D eigenvalue weighted by molar-refractivity contribution is 7.89. The van der Waals surface area contributed by atoms with Gasteiger partial charge < -0.3 is 14.1 Å². The summed E-state index contributed by atoms with van der Waals surface area (Å²) in [5.74, 6) is -1.33. The summed E-state index contributed by atoms with van der Waals surface area (Å²) in [4.78, 5) is 10.8. The number of aromatic carboxylic acids is 1. The third-order valence-electron chi connectivity index (χ3n) is 3.90. The average Bonchev–Trinajstić information content (AvgIpc) is 3.19. The zero-order valence-corrected chi connectivity index (χ0v) is 13.0. The number of carboxylic acids is 1. The van der Waals surface area contributed by atoms with E-state index in [2.05, 4.69) is 10.2 Å². The maximum Gasteiger partial charge on any atom is 0.371 e. The molecule has 23 heavy (non-hydrogen) atoms. The van der Waals surface area contributed by atoms with Crippen LogP contribution in [0.3, 0.4) is 0 Å². The molecule has 1 N–H and O–H groups in total. The van der Waals surface area contributed by atoms with Crippen LogP contribution in [0.1, 0.15) is 23.4 Å². The fourth-order valence-electron chi connectivity index (χ4n) is 2.65. The van der Waals surface area contributed by atoms with Gasteiger partial charge in [0.05, 0.1) is 0 Å². The third-order valence-corrected chi connectivity index (χ3v) is 5.67. The molecular formula is C13H16N4O5S. The first-order valence-corrected chi connectivity index (χ1v) is 8.56. The topological polar surface area (TPSA) is 119 Å².